The number of aliphatic imine (C=N–C) groups is 1. The van der Waals surface area contributed by atoms with E-state index in [4.69, 9.17) is 0 Å². The third-order valence-corrected chi connectivity index (χ3v) is 4.76. The number of aromatic nitrogens is 2. The van der Waals surface area contributed by atoms with Gasteiger partial charge in [-0.3, -0.25) is 9.67 Å². The third kappa shape index (κ3) is 8.35. The van der Waals surface area contributed by atoms with E-state index in [-0.39, 0.29) is 24.0 Å². The van der Waals surface area contributed by atoms with Crippen LogP contribution in [0.5, 0.6) is 0 Å². The van der Waals surface area contributed by atoms with Crippen LogP contribution in [0, 0.1) is 5.92 Å². The predicted octanol–water partition coefficient (Wildman–Crippen LogP) is 3.81. The minimum Gasteiger partial charge on any atom is -0.356 e. The van der Waals surface area contributed by atoms with Crippen LogP contribution in [0.4, 0.5) is 0 Å². The summed E-state index contributed by atoms with van der Waals surface area (Å²) < 4.78 is 1.96. The van der Waals surface area contributed by atoms with Crippen molar-refractivity contribution in [2.24, 2.45) is 10.9 Å². The molecule has 138 valence electrons. The van der Waals surface area contributed by atoms with Crippen molar-refractivity contribution in [3.63, 3.8) is 0 Å². The second-order valence-corrected chi connectivity index (χ2v) is 6.75. The van der Waals surface area contributed by atoms with E-state index in [2.05, 4.69) is 27.6 Å². The molecule has 0 saturated heterocycles. The van der Waals surface area contributed by atoms with E-state index in [0.29, 0.717) is 6.04 Å². The van der Waals surface area contributed by atoms with Crippen LogP contribution in [0.15, 0.2) is 23.5 Å². The molecule has 1 unspecified atom stereocenters. The highest BCUT2D eigenvalue weighted by molar-refractivity contribution is 14.0. The van der Waals surface area contributed by atoms with E-state index < -0.39 is 0 Å². The van der Waals surface area contributed by atoms with Gasteiger partial charge >= 0.3 is 0 Å². The van der Waals surface area contributed by atoms with Gasteiger partial charge in [0.15, 0.2) is 5.96 Å². The lowest BCUT2D eigenvalue weighted by molar-refractivity contribution is 0.322. The van der Waals surface area contributed by atoms with Crippen LogP contribution in [0.25, 0.3) is 0 Å². The Morgan fingerprint density at radius 2 is 2.12 bits per heavy atom. The number of aryl methyl sites for hydroxylation is 1. The molecular weight excluding hydrogens is 413 g/mol. The molecule has 1 aromatic heterocycles. The maximum atomic E-state index is 4.33. The Labute approximate surface area is 164 Å². The minimum atomic E-state index is 0. The highest BCUT2D eigenvalue weighted by Gasteiger charge is 2.14. The maximum absolute atomic E-state index is 4.33. The first kappa shape index (κ1) is 21.3. The fraction of sp³-hybridized carbons (Fsp3) is 0.778. The summed E-state index contributed by atoms with van der Waals surface area (Å²) in [4.78, 5) is 4.33. The van der Waals surface area contributed by atoms with E-state index in [1.165, 1.54) is 44.9 Å². The largest absolute Gasteiger partial charge is 0.356 e. The summed E-state index contributed by atoms with van der Waals surface area (Å²) >= 11 is 0. The van der Waals surface area contributed by atoms with Gasteiger partial charge in [-0.05, 0) is 38.2 Å². The topological polar surface area (TPSA) is 54.2 Å². The SMILES string of the molecule is CN=C(NCCCn1cccn1)NC(C)CCC1CCCCC1.I. The molecule has 5 nitrogen and oxygen atoms in total. The van der Waals surface area contributed by atoms with Gasteiger partial charge in [-0.25, -0.2) is 0 Å². The molecule has 1 atom stereocenters. The minimum absolute atomic E-state index is 0. The number of rotatable bonds is 8. The molecule has 2 rings (SSSR count). The van der Waals surface area contributed by atoms with Crippen molar-refractivity contribution in [3.8, 4) is 0 Å². The first-order chi connectivity index (χ1) is 11.3. The zero-order valence-electron chi connectivity index (χ0n) is 15.2. The second-order valence-electron chi connectivity index (χ2n) is 6.75. The first-order valence-electron chi connectivity index (χ1n) is 9.22. The first-order valence-corrected chi connectivity index (χ1v) is 9.22. The van der Waals surface area contributed by atoms with Gasteiger partial charge < -0.3 is 10.6 Å². The number of nitrogens with one attached hydrogen (secondary N) is 2. The lowest BCUT2D eigenvalue weighted by atomic mass is 9.85. The molecule has 1 heterocycles. The van der Waals surface area contributed by atoms with Crippen molar-refractivity contribution in [2.75, 3.05) is 13.6 Å². The van der Waals surface area contributed by atoms with E-state index in [1.54, 1.807) is 0 Å². The number of hydrogen-bond donors (Lipinski definition) is 2. The smallest absolute Gasteiger partial charge is 0.191 e. The molecule has 1 aliphatic rings. The summed E-state index contributed by atoms with van der Waals surface area (Å²) in [6, 6.07) is 2.44. The monoisotopic (exact) mass is 447 g/mol. The Bertz CT molecular complexity index is 440. The Balaban J connectivity index is 0.00000288. The molecule has 6 heteroatoms. The number of guanidine groups is 1. The quantitative estimate of drug-likeness (QED) is 0.276. The fourth-order valence-electron chi connectivity index (χ4n) is 3.34. The van der Waals surface area contributed by atoms with Gasteiger partial charge in [0.05, 0.1) is 0 Å². The molecule has 0 spiro atoms. The summed E-state index contributed by atoms with van der Waals surface area (Å²) in [6.07, 6.45) is 14.6. The van der Waals surface area contributed by atoms with Crippen LogP contribution in [-0.2, 0) is 6.54 Å². The molecule has 0 amide bonds. The number of hydrogen-bond acceptors (Lipinski definition) is 2. The van der Waals surface area contributed by atoms with Gasteiger partial charge in [-0.2, -0.15) is 5.10 Å². The normalized spacial score (nSPS) is 17.2. The lowest BCUT2D eigenvalue weighted by Gasteiger charge is -2.24. The molecular formula is C18H34IN5. The van der Waals surface area contributed by atoms with Gasteiger partial charge in [0.1, 0.15) is 0 Å². The van der Waals surface area contributed by atoms with Crippen molar-refractivity contribution in [3.05, 3.63) is 18.5 Å². The van der Waals surface area contributed by atoms with Crippen molar-refractivity contribution < 1.29 is 0 Å². The average molecular weight is 447 g/mol. The molecule has 0 bridgehead atoms. The van der Waals surface area contributed by atoms with Crippen LogP contribution in [-0.4, -0.2) is 35.4 Å². The molecule has 1 fully saturated rings. The fourth-order valence-corrected chi connectivity index (χ4v) is 3.34. The zero-order valence-corrected chi connectivity index (χ0v) is 17.5. The van der Waals surface area contributed by atoms with Crippen molar-refractivity contribution in [1.29, 1.82) is 0 Å². The highest BCUT2D eigenvalue weighted by atomic mass is 127. The summed E-state index contributed by atoms with van der Waals surface area (Å²) in [5.41, 5.74) is 0. The van der Waals surface area contributed by atoms with Crippen molar-refractivity contribution in [1.82, 2.24) is 20.4 Å². The molecule has 0 radical (unpaired) electrons. The average Bonchev–Trinajstić information content (AvgIpc) is 3.10. The molecule has 1 saturated carbocycles. The molecule has 0 aromatic carbocycles. The third-order valence-electron chi connectivity index (χ3n) is 4.76. The highest BCUT2D eigenvalue weighted by Crippen LogP contribution is 2.27. The molecule has 2 N–H and O–H groups in total. The zero-order chi connectivity index (χ0) is 16.3. The Hall–Kier alpha value is -0.790. The number of nitrogens with zero attached hydrogens (tertiary/aromatic N) is 3. The van der Waals surface area contributed by atoms with Gasteiger partial charge in [0.2, 0.25) is 0 Å². The van der Waals surface area contributed by atoms with Crippen LogP contribution in [0.1, 0.15) is 58.3 Å². The summed E-state index contributed by atoms with van der Waals surface area (Å²) in [5.74, 6) is 1.87. The van der Waals surface area contributed by atoms with E-state index in [1.807, 2.05) is 30.2 Å². The lowest BCUT2D eigenvalue weighted by Crippen LogP contribution is -2.42. The van der Waals surface area contributed by atoms with Crippen molar-refractivity contribution >= 4 is 29.9 Å². The Morgan fingerprint density at radius 3 is 2.79 bits per heavy atom. The van der Waals surface area contributed by atoms with Gasteiger partial charge in [-0.1, -0.05) is 32.1 Å². The summed E-state index contributed by atoms with van der Waals surface area (Å²) in [5, 5.41) is 11.1. The van der Waals surface area contributed by atoms with Gasteiger partial charge in [0, 0.05) is 38.6 Å². The number of halogens is 1. The van der Waals surface area contributed by atoms with E-state index in [9.17, 15) is 0 Å². The van der Waals surface area contributed by atoms with Crippen LogP contribution >= 0.6 is 24.0 Å². The second kappa shape index (κ2) is 12.6. The predicted molar refractivity (Wildman–Crippen MR) is 112 cm³/mol. The Kier molecular flexibility index (Phi) is 11.1. The standard InChI is InChI=1S/C18H33N5.HI/c1-16(10-11-17-8-4-3-5-9-17)22-18(19-2)20-12-6-14-23-15-7-13-21-23;/h7,13,15-17H,3-6,8-12,14H2,1-2H3,(H2,19,20,22);1H. The van der Waals surface area contributed by atoms with E-state index in [0.717, 1.165) is 31.4 Å². The van der Waals surface area contributed by atoms with Gasteiger partial charge in [-0.15, -0.1) is 24.0 Å². The van der Waals surface area contributed by atoms with Crippen LogP contribution < -0.4 is 10.6 Å². The van der Waals surface area contributed by atoms with Crippen LogP contribution in [0.2, 0.25) is 0 Å². The van der Waals surface area contributed by atoms with Crippen molar-refractivity contribution in [2.45, 2.75) is 70.9 Å². The van der Waals surface area contributed by atoms with Gasteiger partial charge in [0.25, 0.3) is 0 Å². The Morgan fingerprint density at radius 1 is 1.33 bits per heavy atom. The maximum Gasteiger partial charge on any atom is 0.191 e. The summed E-state index contributed by atoms with van der Waals surface area (Å²) in [6.45, 7) is 4.11. The van der Waals surface area contributed by atoms with E-state index >= 15 is 0 Å². The molecule has 1 aromatic rings. The molecule has 0 aliphatic heterocycles. The summed E-state index contributed by atoms with van der Waals surface area (Å²) in [7, 11) is 1.84. The van der Waals surface area contributed by atoms with Crippen LogP contribution in [0.3, 0.4) is 0 Å². The molecule has 24 heavy (non-hydrogen) atoms. The molecule has 1 aliphatic carbocycles.